The van der Waals surface area contributed by atoms with Gasteiger partial charge in [0.2, 0.25) is 0 Å². The lowest BCUT2D eigenvalue weighted by atomic mass is 10.4. The monoisotopic (exact) mass is 248 g/mol. The third-order valence-electron chi connectivity index (χ3n) is 2.62. The highest BCUT2D eigenvalue weighted by molar-refractivity contribution is 6.84. The topological polar surface area (TPSA) is 29.5 Å². The average Bonchev–Trinajstić information content (AvgIpc) is 2.10. The molecule has 92 valence electrons. The predicted octanol–water partition coefficient (Wildman–Crippen LogP) is 3.60. The van der Waals surface area contributed by atoms with Crippen molar-refractivity contribution < 1.29 is 9.22 Å². The van der Waals surface area contributed by atoms with Crippen LogP contribution in [0.4, 0.5) is 0 Å². The van der Waals surface area contributed by atoms with Crippen molar-refractivity contribution in [3.8, 4) is 0 Å². The minimum absolute atomic E-state index is 0.302. The Morgan fingerprint density at radius 2 is 1.40 bits per heavy atom. The van der Waals surface area contributed by atoms with Gasteiger partial charge < -0.3 is 9.22 Å². The van der Waals surface area contributed by atoms with Crippen LogP contribution in [0.25, 0.3) is 0 Å². The van der Waals surface area contributed by atoms with Gasteiger partial charge in [-0.25, -0.2) is 0 Å². The van der Waals surface area contributed by atoms with Gasteiger partial charge in [-0.2, -0.15) is 0 Å². The smallest absolute Gasteiger partial charge is 0.173 e. The van der Waals surface area contributed by atoms with E-state index in [9.17, 15) is 0 Å². The van der Waals surface area contributed by atoms with Gasteiger partial charge in [0.25, 0.3) is 0 Å². The maximum Gasteiger partial charge on any atom is 0.173 e. The minimum atomic E-state index is -1.51. The summed E-state index contributed by atoms with van der Waals surface area (Å²) >= 11 is 0. The zero-order valence-corrected chi connectivity index (χ0v) is 13.1. The van der Waals surface area contributed by atoms with Gasteiger partial charge in [-0.1, -0.05) is 19.8 Å². The largest absolute Gasteiger partial charge is 0.455 e. The maximum atomic E-state index is 8.85. The van der Waals surface area contributed by atoms with E-state index in [1.807, 2.05) is 0 Å². The first-order chi connectivity index (χ1) is 6.83. The fourth-order valence-corrected chi connectivity index (χ4v) is 11.0. The third-order valence-corrected chi connectivity index (χ3v) is 10.2. The van der Waals surface area contributed by atoms with Crippen molar-refractivity contribution in [3.63, 3.8) is 0 Å². The Labute approximate surface area is 97.3 Å². The van der Waals surface area contributed by atoms with Crippen LogP contribution in [0.1, 0.15) is 26.2 Å². The van der Waals surface area contributed by atoms with Gasteiger partial charge in [0.15, 0.2) is 16.6 Å². The molecule has 0 spiro atoms. The molecule has 0 unspecified atom stereocenters. The molecule has 0 saturated carbocycles. The summed E-state index contributed by atoms with van der Waals surface area (Å²) in [6, 6.07) is 2.37. The Balaban J connectivity index is 4.04. The van der Waals surface area contributed by atoms with Crippen LogP contribution < -0.4 is 0 Å². The number of hydrogen-bond donors (Lipinski definition) is 1. The highest BCUT2D eigenvalue weighted by atomic mass is 28.4. The van der Waals surface area contributed by atoms with Crippen molar-refractivity contribution >= 4 is 16.6 Å². The lowest BCUT2D eigenvalue weighted by Crippen LogP contribution is -2.44. The van der Waals surface area contributed by atoms with Crippen molar-refractivity contribution in [2.24, 2.45) is 0 Å². The van der Waals surface area contributed by atoms with E-state index in [2.05, 4.69) is 33.1 Å². The van der Waals surface area contributed by atoms with Crippen molar-refractivity contribution in [1.29, 1.82) is 0 Å². The van der Waals surface area contributed by atoms with Crippen molar-refractivity contribution in [3.05, 3.63) is 0 Å². The molecule has 0 amide bonds. The lowest BCUT2D eigenvalue weighted by Gasteiger charge is -2.34. The van der Waals surface area contributed by atoms with Crippen LogP contribution in [0.15, 0.2) is 0 Å². The second-order valence-corrected chi connectivity index (χ2v) is 14.4. The number of aliphatic hydroxyl groups is 1. The molecule has 0 aromatic rings. The van der Waals surface area contributed by atoms with Crippen molar-refractivity contribution in [2.45, 2.75) is 64.5 Å². The molecule has 0 bridgehead atoms. The fourth-order valence-electron chi connectivity index (χ4n) is 1.96. The molecule has 0 aliphatic heterocycles. The normalized spacial score (nSPS) is 13.2. The van der Waals surface area contributed by atoms with Gasteiger partial charge in [0.1, 0.15) is 0 Å². The van der Waals surface area contributed by atoms with Gasteiger partial charge in [0, 0.05) is 6.61 Å². The predicted molar refractivity (Wildman–Crippen MR) is 72.3 cm³/mol. The number of hydrogen-bond acceptors (Lipinski definition) is 2. The summed E-state index contributed by atoms with van der Waals surface area (Å²) in [7, 11) is -2.94. The lowest BCUT2D eigenvalue weighted by molar-refractivity contribution is 0.292. The van der Waals surface area contributed by atoms with Gasteiger partial charge in [0.05, 0.1) is 0 Å². The van der Waals surface area contributed by atoms with Crippen LogP contribution in [0.5, 0.6) is 0 Å². The fraction of sp³-hybridized carbons (Fsp3) is 1.00. The zero-order chi connectivity index (χ0) is 11.9. The summed E-state index contributed by atoms with van der Waals surface area (Å²) in [5, 5.41) is 8.85. The number of aliphatic hydroxyl groups excluding tert-OH is 1. The van der Waals surface area contributed by atoms with Crippen LogP contribution in [-0.2, 0) is 4.12 Å². The quantitative estimate of drug-likeness (QED) is 0.665. The second kappa shape index (κ2) is 6.83. The summed E-state index contributed by atoms with van der Waals surface area (Å²) in [6.45, 7) is 11.8. The second-order valence-electron chi connectivity index (χ2n) is 5.55. The first-order valence-corrected chi connectivity index (χ1v) is 12.4. The van der Waals surface area contributed by atoms with Crippen LogP contribution in [0.2, 0.25) is 38.3 Å². The standard InChI is InChI=1S/C11H28O2Si2/c1-6-7-10-14(2,3)13-15(4,5)11-8-9-12/h12H,6-11H2,1-5H3. The van der Waals surface area contributed by atoms with E-state index in [-0.39, 0.29) is 0 Å². The minimum Gasteiger partial charge on any atom is -0.455 e. The molecule has 0 heterocycles. The molecule has 0 saturated heterocycles. The first kappa shape index (κ1) is 15.4. The van der Waals surface area contributed by atoms with Crippen LogP contribution in [-0.4, -0.2) is 28.3 Å². The molecule has 0 atom stereocenters. The van der Waals surface area contributed by atoms with E-state index < -0.39 is 16.6 Å². The molecular formula is C11H28O2Si2. The molecule has 4 heteroatoms. The Kier molecular flexibility index (Phi) is 6.99. The first-order valence-electron chi connectivity index (χ1n) is 6.14. The summed E-state index contributed by atoms with van der Waals surface area (Å²) < 4.78 is 6.40. The molecule has 0 radical (unpaired) electrons. The van der Waals surface area contributed by atoms with Gasteiger partial charge in [-0.05, 0) is 44.7 Å². The van der Waals surface area contributed by atoms with Crippen molar-refractivity contribution in [1.82, 2.24) is 0 Å². The van der Waals surface area contributed by atoms with Crippen molar-refractivity contribution in [2.75, 3.05) is 6.61 Å². The molecule has 15 heavy (non-hydrogen) atoms. The summed E-state index contributed by atoms with van der Waals surface area (Å²) in [4.78, 5) is 0. The van der Waals surface area contributed by atoms with Gasteiger partial charge >= 0.3 is 0 Å². The van der Waals surface area contributed by atoms with E-state index in [0.717, 1.165) is 12.5 Å². The Hall–Kier alpha value is 0.354. The van der Waals surface area contributed by atoms with E-state index in [1.165, 1.54) is 18.9 Å². The average molecular weight is 249 g/mol. The molecule has 0 rings (SSSR count). The van der Waals surface area contributed by atoms with Crippen LogP contribution in [0, 0.1) is 0 Å². The Morgan fingerprint density at radius 1 is 0.933 bits per heavy atom. The molecule has 1 N–H and O–H groups in total. The molecule has 0 aliphatic carbocycles. The number of rotatable bonds is 8. The number of unbranched alkanes of at least 4 members (excludes halogenated alkanes) is 1. The Morgan fingerprint density at radius 3 is 1.80 bits per heavy atom. The summed E-state index contributed by atoms with van der Waals surface area (Å²) in [5.74, 6) is 0. The molecule has 0 aromatic heterocycles. The highest BCUT2D eigenvalue weighted by Crippen LogP contribution is 2.23. The molecule has 0 aliphatic rings. The van der Waals surface area contributed by atoms with E-state index in [1.54, 1.807) is 0 Å². The van der Waals surface area contributed by atoms with E-state index in [0.29, 0.717) is 6.61 Å². The summed E-state index contributed by atoms with van der Waals surface area (Å²) in [6.07, 6.45) is 3.46. The molecular weight excluding hydrogens is 220 g/mol. The SMILES string of the molecule is CCCC[Si](C)(C)O[Si](C)(C)CCCO. The van der Waals surface area contributed by atoms with Crippen LogP contribution >= 0.6 is 0 Å². The maximum absolute atomic E-state index is 8.85. The zero-order valence-electron chi connectivity index (χ0n) is 11.1. The van der Waals surface area contributed by atoms with Crippen LogP contribution in [0.3, 0.4) is 0 Å². The third kappa shape index (κ3) is 8.19. The van der Waals surface area contributed by atoms with Gasteiger partial charge in [-0.3, -0.25) is 0 Å². The van der Waals surface area contributed by atoms with Gasteiger partial charge in [-0.15, -0.1) is 0 Å². The molecule has 2 nitrogen and oxygen atoms in total. The summed E-state index contributed by atoms with van der Waals surface area (Å²) in [5.41, 5.74) is 0. The van der Waals surface area contributed by atoms with E-state index >= 15 is 0 Å². The molecule has 0 fully saturated rings. The Bertz CT molecular complexity index is 152. The molecule has 0 aromatic carbocycles. The highest BCUT2D eigenvalue weighted by Gasteiger charge is 2.31. The van der Waals surface area contributed by atoms with E-state index in [4.69, 9.17) is 9.22 Å².